The van der Waals surface area contributed by atoms with E-state index in [4.69, 9.17) is 4.74 Å². The monoisotopic (exact) mass is 466 g/mol. The Bertz CT molecular complexity index is 720. The summed E-state index contributed by atoms with van der Waals surface area (Å²) in [4.78, 5) is 24.1. The molecule has 172 valence electrons. The molecule has 0 aliphatic heterocycles. The Balaban J connectivity index is 1.79. The molecule has 31 heavy (non-hydrogen) atoms. The van der Waals surface area contributed by atoms with Crippen LogP contribution in [0.3, 0.4) is 0 Å². The van der Waals surface area contributed by atoms with Crippen molar-refractivity contribution in [3.8, 4) is 0 Å². The Hall–Kier alpha value is -1.44. The second-order valence-electron chi connectivity index (χ2n) is 8.11. The number of carbonyl (C=O) groups is 2. The van der Waals surface area contributed by atoms with Gasteiger partial charge in [-0.05, 0) is 61.7 Å². The number of aliphatic hydroxyl groups is 2. The van der Waals surface area contributed by atoms with E-state index in [1.807, 2.05) is 50.3 Å². The normalized spacial score (nSPS) is 21.6. The van der Waals surface area contributed by atoms with Gasteiger partial charge in [-0.1, -0.05) is 30.3 Å². The van der Waals surface area contributed by atoms with Gasteiger partial charge in [-0.25, -0.2) is 0 Å². The minimum atomic E-state index is -0.188. The molecule has 3 atom stereocenters. The second-order valence-corrected chi connectivity index (χ2v) is 10.5. The fourth-order valence-corrected chi connectivity index (χ4v) is 6.06. The van der Waals surface area contributed by atoms with Crippen LogP contribution in [0.5, 0.6) is 0 Å². The van der Waals surface area contributed by atoms with Gasteiger partial charge in [-0.2, -0.15) is 23.5 Å². The number of benzene rings is 1. The van der Waals surface area contributed by atoms with Crippen molar-refractivity contribution in [3.05, 3.63) is 47.7 Å². The first-order valence-electron chi connectivity index (χ1n) is 10.8. The first-order valence-corrected chi connectivity index (χ1v) is 13.0. The number of carbonyl (C=O) groups excluding carboxylic acids is 2. The van der Waals surface area contributed by atoms with Crippen molar-refractivity contribution in [3.63, 3.8) is 0 Å². The molecule has 0 aromatic heterocycles. The first-order chi connectivity index (χ1) is 14.9. The number of hydrogen-bond acceptors (Lipinski definition) is 7. The Morgan fingerprint density at radius 1 is 1.26 bits per heavy atom. The zero-order chi connectivity index (χ0) is 22.6. The highest BCUT2D eigenvalue weighted by Gasteiger charge is 2.41. The van der Waals surface area contributed by atoms with E-state index in [2.05, 4.69) is 0 Å². The fourth-order valence-electron chi connectivity index (χ4n) is 3.72. The Kier molecular flexibility index (Phi) is 11.5. The molecule has 0 spiro atoms. The van der Waals surface area contributed by atoms with Gasteiger partial charge in [0.1, 0.15) is 5.78 Å². The summed E-state index contributed by atoms with van der Waals surface area (Å²) in [6.07, 6.45) is 4.09. The van der Waals surface area contributed by atoms with Crippen molar-refractivity contribution in [2.75, 3.05) is 23.9 Å². The Labute approximate surface area is 194 Å². The summed E-state index contributed by atoms with van der Waals surface area (Å²) in [7, 11) is 0. The maximum atomic E-state index is 12.5. The van der Waals surface area contributed by atoms with Gasteiger partial charge in [-0.3, -0.25) is 9.59 Å². The molecule has 1 aliphatic rings. The summed E-state index contributed by atoms with van der Waals surface area (Å²) >= 11 is 3.20. The fraction of sp³-hybridized carbons (Fsp3) is 0.583. The number of ether oxygens (including phenoxy) is 1. The number of rotatable bonds is 13. The van der Waals surface area contributed by atoms with Crippen LogP contribution in [0.4, 0.5) is 0 Å². The number of esters is 1. The summed E-state index contributed by atoms with van der Waals surface area (Å²) in [5.74, 6) is 2.32. The molecule has 0 radical (unpaired) electrons. The Morgan fingerprint density at radius 2 is 2.00 bits per heavy atom. The topological polar surface area (TPSA) is 83.8 Å². The van der Waals surface area contributed by atoms with E-state index < -0.39 is 0 Å². The molecule has 1 aromatic carbocycles. The molecule has 0 bridgehead atoms. The quantitative estimate of drug-likeness (QED) is 0.253. The smallest absolute Gasteiger partial charge is 0.316 e. The van der Waals surface area contributed by atoms with E-state index in [-0.39, 0.29) is 41.5 Å². The van der Waals surface area contributed by atoms with Crippen molar-refractivity contribution in [2.24, 2.45) is 11.8 Å². The third kappa shape index (κ3) is 9.29. The minimum absolute atomic E-state index is 0.00539. The lowest BCUT2D eigenvalue weighted by atomic mass is 9.93. The zero-order valence-corrected chi connectivity index (χ0v) is 20.0. The molecule has 5 nitrogen and oxygen atoms in total. The van der Waals surface area contributed by atoms with Crippen molar-refractivity contribution in [2.45, 2.75) is 50.9 Å². The molecule has 1 aliphatic carbocycles. The number of allylic oxidation sites excluding steroid dienone is 2. The van der Waals surface area contributed by atoms with Crippen LogP contribution < -0.4 is 0 Å². The molecular weight excluding hydrogens is 432 g/mol. The summed E-state index contributed by atoms with van der Waals surface area (Å²) in [5, 5.41) is 19.9. The SMILES string of the molecule is CC(C)OC(=O)CSCCCSC1C(=O)CC(CO)C1CC=C(O)Cc1ccccc1. The predicted octanol–water partition coefficient (Wildman–Crippen LogP) is 4.44. The van der Waals surface area contributed by atoms with Crippen molar-refractivity contribution >= 4 is 35.3 Å². The summed E-state index contributed by atoms with van der Waals surface area (Å²) < 4.78 is 5.11. The molecule has 0 saturated heterocycles. The maximum absolute atomic E-state index is 12.5. The molecule has 2 N–H and O–H groups in total. The molecular formula is C24H34O5S2. The van der Waals surface area contributed by atoms with Gasteiger partial charge in [0.15, 0.2) is 0 Å². The van der Waals surface area contributed by atoms with E-state index in [0.717, 1.165) is 23.5 Å². The Morgan fingerprint density at radius 3 is 2.68 bits per heavy atom. The molecule has 1 fully saturated rings. The number of hydrogen-bond donors (Lipinski definition) is 2. The van der Waals surface area contributed by atoms with Crippen LogP contribution in [-0.4, -0.2) is 57.2 Å². The lowest BCUT2D eigenvalue weighted by Gasteiger charge is -2.21. The van der Waals surface area contributed by atoms with Crippen LogP contribution in [0.2, 0.25) is 0 Å². The van der Waals surface area contributed by atoms with E-state index in [9.17, 15) is 19.8 Å². The van der Waals surface area contributed by atoms with Gasteiger partial charge in [0.05, 0.1) is 22.9 Å². The van der Waals surface area contributed by atoms with Crippen molar-refractivity contribution in [1.29, 1.82) is 0 Å². The van der Waals surface area contributed by atoms with Gasteiger partial charge >= 0.3 is 5.97 Å². The van der Waals surface area contributed by atoms with Crippen molar-refractivity contribution < 1.29 is 24.5 Å². The van der Waals surface area contributed by atoms with Crippen LogP contribution in [0, 0.1) is 11.8 Å². The molecule has 7 heteroatoms. The average molecular weight is 467 g/mol. The molecule has 3 unspecified atom stereocenters. The van der Waals surface area contributed by atoms with Gasteiger partial charge in [-0.15, -0.1) is 0 Å². The highest BCUT2D eigenvalue weighted by molar-refractivity contribution is 8.01. The lowest BCUT2D eigenvalue weighted by Crippen LogP contribution is -2.22. The first kappa shape index (κ1) is 25.8. The highest BCUT2D eigenvalue weighted by Crippen LogP contribution is 2.39. The van der Waals surface area contributed by atoms with E-state index in [0.29, 0.717) is 30.8 Å². The molecule has 1 saturated carbocycles. The maximum Gasteiger partial charge on any atom is 0.316 e. The molecule has 0 heterocycles. The van der Waals surface area contributed by atoms with Gasteiger partial charge < -0.3 is 14.9 Å². The standard InChI is InChI=1S/C24H34O5S2/c1-17(2)29-23(28)16-30-11-6-12-31-24-21(19(15-25)14-22(24)27)10-9-20(26)13-18-7-4-3-5-8-18/h3-5,7-9,17,19,21,24-26H,6,10-16H2,1-2H3. The molecule has 0 amide bonds. The van der Waals surface area contributed by atoms with Gasteiger partial charge in [0.2, 0.25) is 0 Å². The summed E-state index contributed by atoms with van der Waals surface area (Å²) in [5.41, 5.74) is 1.04. The zero-order valence-electron chi connectivity index (χ0n) is 18.4. The van der Waals surface area contributed by atoms with E-state index in [1.165, 1.54) is 0 Å². The number of ketones is 1. The minimum Gasteiger partial charge on any atom is -0.512 e. The van der Waals surface area contributed by atoms with Crippen LogP contribution in [0.25, 0.3) is 0 Å². The van der Waals surface area contributed by atoms with Crippen molar-refractivity contribution in [1.82, 2.24) is 0 Å². The predicted molar refractivity (Wildman–Crippen MR) is 129 cm³/mol. The van der Waals surface area contributed by atoms with Crippen LogP contribution in [0.15, 0.2) is 42.2 Å². The van der Waals surface area contributed by atoms with E-state index in [1.54, 1.807) is 23.5 Å². The van der Waals surface area contributed by atoms with E-state index >= 15 is 0 Å². The van der Waals surface area contributed by atoms with Gasteiger partial charge in [0, 0.05) is 19.4 Å². The van der Waals surface area contributed by atoms with Crippen LogP contribution in [0.1, 0.15) is 38.7 Å². The third-order valence-corrected chi connectivity index (χ3v) is 7.69. The summed E-state index contributed by atoms with van der Waals surface area (Å²) in [6, 6.07) is 9.77. The average Bonchev–Trinajstić information content (AvgIpc) is 3.03. The second kappa shape index (κ2) is 13.9. The number of thioether (sulfide) groups is 2. The van der Waals surface area contributed by atoms with Gasteiger partial charge in [0.25, 0.3) is 0 Å². The largest absolute Gasteiger partial charge is 0.512 e. The lowest BCUT2D eigenvalue weighted by molar-refractivity contribution is -0.144. The van der Waals surface area contributed by atoms with Crippen LogP contribution in [-0.2, 0) is 20.7 Å². The number of Topliss-reactive ketones (excluding diaryl/α,β-unsaturated/α-hetero) is 1. The number of aliphatic hydroxyl groups excluding tert-OH is 2. The molecule has 2 rings (SSSR count). The van der Waals surface area contributed by atoms with Crippen LogP contribution >= 0.6 is 23.5 Å². The highest BCUT2D eigenvalue weighted by atomic mass is 32.2. The molecule has 1 aromatic rings. The summed E-state index contributed by atoms with van der Waals surface area (Å²) in [6.45, 7) is 3.67. The third-order valence-electron chi connectivity index (χ3n) is 5.18.